The van der Waals surface area contributed by atoms with E-state index in [0.29, 0.717) is 5.92 Å². The van der Waals surface area contributed by atoms with E-state index >= 15 is 0 Å². The zero-order valence-electron chi connectivity index (χ0n) is 10.1. The lowest BCUT2D eigenvalue weighted by atomic mass is 9.95. The number of thiazole rings is 1. The molecule has 0 aliphatic carbocycles. The van der Waals surface area contributed by atoms with E-state index in [1.807, 2.05) is 11.7 Å². The third-order valence-corrected chi connectivity index (χ3v) is 3.75. The van der Waals surface area contributed by atoms with Crippen LogP contribution in [0, 0.1) is 12.8 Å². The Morgan fingerprint density at radius 1 is 1.24 bits per heavy atom. The van der Waals surface area contributed by atoms with Crippen LogP contribution in [0.1, 0.15) is 16.0 Å². The van der Waals surface area contributed by atoms with Gasteiger partial charge in [0.05, 0.1) is 5.51 Å². The van der Waals surface area contributed by atoms with E-state index in [1.165, 1.54) is 16.0 Å². The van der Waals surface area contributed by atoms with Gasteiger partial charge in [-0.15, -0.1) is 11.3 Å². The molecular formula is C14H18N2S. The SMILES string of the molecule is Cc1ccc(CC(CN)Cc2cncs2)cc1. The molecule has 2 rings (SSSR count). The number of hydrogen-bond acceptors (Lipinski definition) is 3. The zero-order valence-corrected chi connectivity index (χ0v) is 10.9. The second-order valence-corrected chi connectivity index (χ2v) is 5.43. The zero-order chi connectivity index (χ0) is 12.1. The molecule has 0 fully saturated rings. The Balaban J connectivity index is 1.97. The van der Waals surface area contributed by atoms with Gasteiger partial charge in [0.1, 0.15) is 0 Å². The smallest absolute Gasteiger partial charge is 0.0794 e. The molecule has 2 aromatic rings. The van der Waals surface area contributed by atoms with E-state index in [1.54, 1.807) is 11.3 Å². The highest BCUT2D eigenvalue weighted by Crippen LogP contribution is 2.16. The van der Waals surface area contributed by atoms with Crippen LogP contribution in [0.4, 0.5) is 0 Å². The molecule has 0 spiro atoms. The first kappa shape index (κ1) is 12.3. The Morgan fingerprint density at radius 3 is 2.59 bits per heavy atom. The summed E-state index contributed by atoms with van der Waals surface area (Å²) >= 11 is 1.71. The molecule has 0 bridgehead atoms. The maximum Gasteiger partial charge on any atom is 0.0794 e. The summed E-state index contributed by atoms with van der Waals surface area (Å²) in [5, 5.41) is 0. The molecule has 0 saturated heterocycles. The molecular weight excluding hydrogens is 228 g/mol. The van der Waals surface area contributed by atoms with Crippen LogP contribution in [0.3, 0.4) is 0 Å². The van der Waals surface area contributed by atoms with E-state index in [9.17, 15) is 0 Å². The average molecular weight is 246 g/mol. The van der Waals surface area contributed by atoms with Crippen LogP contribution in [-0.2, 0) is 12.8 Å². The van der Waals surface area contributed by atoms with E-state index in [0.717, 1.165) is 19.4 Å². The van der Waals surface area contributed by atoms with Gasteiger partial charge in [-0.2, -0.15) is 0 Å². The van der Waals surface area contributed by atoms with Gasteiger partial charge in [0.15, 0.2) is 0 Å². The molecule has 1 aromatic carbocycles. The van der Waals surface area contributed by atoms with Gasteiger partial charge in [-0.05, 0) is 37.8 Å². The summed E-state index contributed by atoms with van der Waals surface area (Å²) in [6, 6.07) is 8.72. The molecule has 1 atom stereocenters. The lowest BCUT2D eigenvalue weighted by molar-refractivity contribution is 0.537. The molecule has 0 radical (unpaired) electrons. The number of aryl methyl sites for hydroxylation is 1. The van der Waals surface area contributed by atoms with Crippen LogP contribution in [-0.4, -0.2) is 11.5 Å². The predicted molar refractivity (Wildman–Crippen MR) is 73.2 cm³/mol. The maximum atomic E-state index is 5.85. The first-order chi connectivity index (χ1) is 8.28. The van der Waals surface area contributed by atoms with Crippen molar-refractivity contribution in [3.05, 3.63) is 52.0 Å². The number of hydrogen-bond donors (Lipinski definition) is 1. The number of rotatable bonds is 5. The van der Waals surface area contributed by atoms with Crippen LogP contribution in [0.25, 0.3) is 0 Å². The summed E-state index contributed by atoms with van der Waals surface area (Å²) in [5.41, 5.74) is 10.4. The molecule has 1 heterocycles. The van der Waals surface area contributed by atoms with Gasteiger partial charge in [0, 0.05) is 11.1 Å². The fourth-order valence-corrected chi connectivity index (χ4v) is 2.63. The number of nitrogens with two attached hydrogens (primary N) is 1. The van der Waals surface area contributed by atoms with Crippen LogP contribution >= 0.6 is 11.3 Å². The van der Waals surface area contributed by atoms with Crippen molar-refractivity contribution in [3.8, 4) is 0 Å². The second kappa shape index (κ2) is 5.94. The highest BCUT2D eigenvalue weighted by Gasteiger charge is 2.09. The number of benzene rings is 1. The standard InChI is InChI=1S/C14H18N2S/c1-11-2-4-12(5-3-11)6-13(8-15)7-14-9-16-10-17-14/h2-5,9-10,13H,6-8,15H2,1H3. The molecule has 17 heavy (non-hydrogen) atoms. The minimum absolute atomic E-state index is 0.512. The Labute approximate surface area is 107 Å². The van der Waals surface area contributed by atoms with Crippen LogP contribution in [0.15, 0.2) is 36.0 Å². The monoisotopic (exact) mass is 246 g/mol. The lowest BCUT2D eigenvalue weighted by Gasteiger charge is -2.13. The van der Waals surface area contributed by atoms with Crippen molar-refractivity contribution in [3.63, 3.8) is 0 Å². The highest BCUT2D eigenvalue weighted by molar-refractivity contribution is 7.09. The third kappa shape index (κ3) is 3.65. The lowest BCUT2D eigenvalue weighted by Crippen LogP contribution is -2.18. The Hall–Kier alpha value is -1.19. The molecule has 90 valence electrons. The van der Waals surface area contributed by atoms with Gasteiger partial charge in [-0.1, -0.05) is 29.8 Å². The Bertz CT molecular complexity index is 434. The molecule has 1 aromatic heterocycles. The van der Waals surface area contributed by atoms with Crippen molar-refractivity contribution in [2.45, 2.75) is 19.8 Å². The fraction of sp³-hybridized carbons (Fsp3) is 0.357. The minimum atomic E-state index is 0.512. The van der Waals surface area contributed by atoms with Crippen LogP contribution < -0.4 is 5.73 Å². The molecule has 0 saturated carbocycles. The Morgan fingerprint density at radius 2 is 2.00 bits per heavy atom. The molecule has 2 N–H and O–H groups in total. The summed E-state index contributed by atoms with van der Waals surface area (Å²) in [4.78, 5) is 5.43. The maximum absolute atomic E-state index is 5.85. The molecule has 2 nitrogen and oxygen atoms in total. The summed E-state index contributed by atoms with van der Waals surface area (Å²) < 4.78 is 0. The van der Waals surface area contributed by atoms with Gasteiger partial charge < -0.3 is 5.73 Å². The molecule has 0 aliphatic rings. The van der Waals surface area contributed by atoms with E-state index in [2.05, 4.69) is 36.2 Å². The van der Waals surface area contributed by atoms with Crippen molar-refractivity contribution in [2.75, 3.05) is 6.54 Å². The molecule has 0 aliphatic heterocycles. The summed E-state index contributed by atoms with van der Waals surface area (Å²) in [5.74, 6) is 0.512. The van der Waals surface area contributed by atoms with Gasteiger partial charge in [0.2, 0.25) is 0 Å². The Kier molecular flexibility index (Phi) is 4.29. The highest BCUT2D eigenvalue weighted by atomic mass is 32.1. The van der Waals surface area contributed by atoms with E-state index in [-0.39, 0.29) is 0 Å². The fourth-order valence-electron chi connectivity index (χ4n) is 1.92. The predicted octanol–water partition coefficient (Wildman–Crippen LogP) is 2.81. The van der Waals surface area contributed by atoms with Crippen molar-refractivity contribution in [1.29, 1.82) is 0 Å². The molecule has 0 amide bonds. The van der Waals surface area contributed by atoms with Crippen LogP contribution in [0.5, 0.6) is 0 Å². The summed E-state index contributed by atoms with van der Waals surface area (Å²) in [6.45, 7) is 2.84. The van der Waals surface area contributed by atoms with Gasteiger partial charge in [-0.3, -0.25) is 4.98 Å². The first-order valence-corrected chi connectivity index (χ1v) is 6.79. The minimum Gasteiger partial charge on any atom is -0.330 e. The van der Waals surface area contributed by atoms with Crippen LogP contribution in [0.2, 0.25) is 0 Å². The normalized spacial score (nSPS) is 12.6. The number of aromatic nitrogens is 1. The largest absolute Gasteiger partial charge is 0.330 e. The van der Waals surface area contributed by atoms with E-state index in [4.69, 9.17) is 5.73 Å². The van der Waals surface area contributed by atoms with Crippen molar-refractivity contribution in [1.82, 2.24) is 4.98 Å². The second-order valence-electron chi connectivity index (χ2n) is 4.46. The van der Waals surface area contributed by atoms with Crippen molar-refractivity contribution in [2.24, 2.45) is 11.7 Å². The van der Waals surface area contributed by atoms with Gasteiger partial charge >= 0.3 is 0 Å². The topological polar surface area (TPSA) is 38.9 Å². The summed E-state index contributed by atoms with van der Waals surface area (Å²) in [7, 11) is 0. The van der Waals surface area contributed by atoms with E-state index < -0.39 is 0 Å². The molecule has 3 heteroatoms. The van der Waals surface area contributed by atoms with Crippen molar-refractivity contribution >= 4 is 11.3 Å². The van der Waals surface area contributed by atoms with Gasteiger partial charge in [0.25, 0.3) is 0 Å². The summed E-state index contributed by atoms with van der Waals surface area (Å²) in [6.07, 6.45) is 4.03. The van der Waals surface area contributed by atoms with Gasteiger partial charge in [-0.25, -0.2) is 0 Å². The third-order valence-electron chi connectivity index (χ3n) is 2.95. The number of nitrogens with zero attached hydrogens (tertiary/aromatic N) is 1. The average Bonchev–Trinajstić information content (AvgIpc) is 2.84. The first-order valence-electron chi connectivity index (χ1n) is 5.91. The molecule has 1 unspecified atom stereocenters. The van der Waals surface area contributed by atoms with Crippen molar-refractivity contribution < 1.29 is 0 Å². The quantitative estimate of drug-likeness (QED) is 0.881.